The lowest BCUT2D eigenvalue weighted by atomic mass is 9.95. The van der Waals surface area contributed by atoms with E-state index in [1.54, 1.807) is 32.2 Å². The zero-order chi connectivity index (χ0) is 18.6. The number of hydrogen-bond acceptors (Lipinski definition) is 5. The standard InChI is InChI=1S/C21H32N2O2S/c1-4-5-6-7-9-17-10-8-11-18(13-12-17)16-26-21-22-15-14-19(23-21)20(24-2)25-3/h8,11,13-15,17,20H,4-7,9-10,12,16H2,1-3H3. The lowest BCUT2D eigenvalue weighted by Crippen LogP contribution is -2.07. The molecule has 0 N–H and O–H groups in total. The summed E-state index contributed by atoms with van der Waals surface area (Å²) in [4.78, 5) is 8.91. The van der Waals surface area contributed by atoms with Crippen LogP contribution in [0.25, 0.3) is 0 Å². The van der Waals surface area contributed by atoms with E-state index in [-0.39, 0.29) is 0 Å². The summed E-state index contributed by atoms with van der Waals surface area (Å²) in [6.45, 7) is 2.27. The Morgan fingerprint density at radius 1 is 1.19 bits per heavy atom. The van der Waals surface area contributed by atoms with Gasteiger partial charge in [-0.3, -0.25) is 0 Å². The molecular formula is C21H32N2O2S. The molecule has 0 saturated carbocycles. The number of unbranched alkanes of at least 4 members (excludes halogenated alkanes) is 3. The van der Waals surface area contributed by atoms with Crippen molar-refractivity contribution in [2.24, 2.45) is 5.92 Å². The van der Waals surface area contributed by atoms with Crippen molar-refractivity contribution in [1.82, 2.24) is 9.97 Å². The molecular weight excluding hydrogens is 344 g/mol. The second-order valence-electron chi connectivity index (χ2n) is 6.72. The summed E-state index contributed by atoms with van der Waals surface area (Å²) in [5.41, 5.74) is 2.13. The van der Waals surface area contributed by atoms with Gasteiger partial charge in [0.15, 0.2) is 5.16 Å². The molecule has 4 nitrogen and oxygen atoms in total. The Hall–Kier alpha value is -1.17. The number of hydrogen-bond donors (Lipinski definition) is 0. The average Bonchev–Trinajstić information content (AvgIpc) is 2.90. The van der Waals surface area contributed by atoms with Crippen molar-refractivity contribution in [1.29, 1.82) is 0 Å². The Morgan fingerprint density at radius 3 is 2.81 bits per heavy atom. The molecule has 1 atom stereocenters. The van der Waals surface area contributed by atoms with Crippen molar-refractivity contribution in [3.05, 3.63) is 41.8 Å². The van der Waals surface area contributed by atoms with E-state index >= 15 is 0 Å². The number of nitrogens with zero attached hydrogens (tertiary/aromatic N) is 2. The first-order chi connectivity index (χ1) is 12.8. The largest absolute Gasteiger partial charge is 0.350 e. The van der Waals surface area contributed by atoms with Crippen molar-refractivity contribution >= 4 is 11.8 Å². The van der Waals surface area contributed by atoms with Gasteiger partial charge in [0.2, 0.25) is 6.29 Å². The lowest BCUT2D eigenvalue weighted by molar-refractivity contribution is -0.109. The molecule has 1 aromatic heterocycles. The van der Waals surface area contributed by atoms with Crippen LogP contribution in [0.4, 0.5) is 0 Å². The van der Waals surface area contributed by atoms with Crippen molar-refractivity contribution in [2.45, 2.75) is 63.3 Å². The SMILES string of the molecule is CCCCCCC1CC=CC(CSc2nccc(C(OC)OC)n2)=CC1. The normalized spacial score (nSPS) is 17.4. The minimum Gasteiger partial charge on any atom is -0.350 e. The predicted molar refractivity (Wildman–Crippen MR) is 108 cm³/mol. The fourth-order valence-corrected chi connectivity index (χ4v) is 3.95. The molecule has 0 bridgehead atoms. The second kappa shape index (κ2) is 12.3. The number of rotatable bonds is 11. The van der Waals surface area contributed by atoms with Gasteiger partial charge in [-0.15, -0.1) is 0 Å². The maximum absolute atomic E-state index is 5.27. The summed E-state index contributed by atoms with van der Waals surface area (Å²) in [7, 11) is 3.23. The van der Waals surface area contributed by atoms with E-state index in [0.717, 1.165) is 22.5 Å². The average molecular weight is 377 g/mol. The lowest BCUT2D eigenvalue weighted by Gasteiger charge is -2.13. The van der Waals surface area contributed by atoms with E-state index in [4.69, 9.17) is 9.47 Å². The van der Waals surface area contributed by atoms with Gasteiger partial charge in [0.05, 0.1) is 0 Å². The molecule has 5 heteroatoms. The second-order valence-corrected chi connectivity index (χ2v) is 7.67. The van der Waals surface area contributed by atoms with E-state index in [1.807, 2.05) is 6.07 Å². The molecule has 1 heterocycles. The Kier molecular flexibility index (Phi) is 9.96. The van der Waals surface area contributed by atoms with Gasteiger partial charge in [-0.25, -0.2) is 9.97 Å². The van der Waals surface area contributed by atoms with Crippen LogP contribution in [0.1, 0.15) is 63.9 Å². The van der Waals surface area contributed by atoms with Gasteiger partial charge in [0, 0.05) is 26.2 Å². The highest BCUT2D eigenvalue weighted by atomic mass is 32.2. The van der Waals surface area contributed by atoms with Crippen molar-refractivity contribution in [3.8, 4) is 0 Å². The Labute approximate surface area is 162 Å². The molecule has 0 aromatic carbocycles. The van der Waals surface area contributed by atoms with Gasteiger partial charge in [0.25, 0.3) is 0 Å². The first kappa shape index (κ1) is 21.1. The first-order valence-corrected chi connectivity index (χ1v) is 10.6. The van der Waals surface area contributed by atoms with Crippen LogP contribution in [-0.2, 0) is 9.47 Å². The molecule has 0 fully saturated rings. The monoisotopic (exact) mass is 376 g/mol. The Bertz CT molecular complexity index is 585. The fourth-order valence-electron chi connectivity index (χ4n) is 3.14. The van der Waals surface area contributed by atoms with Gasteiger partial charge >= 0.3 is 0 Å². The van der Waals surface area contributed by atoms with Crippen LogP contribution in [0.2, 0.25) is 0 Å². The molecule has 1 aliphatic rings. The van der Waals surface area contributed by atoms with Gasteiger partial charge < -0.3 is 9.47 Å². The van der Waals surface area contributed by atoms with Crippen LogP contribution >= 0.6 is 11.8 Å². The molecule has 0 amide bonds. The van der Waals surface area contributed by atoms with Gasteiger partial charge in [-0.05, 0) is 36.8 Å². The molecule has 0 radical (unpaired) electrons. The van der Waals surface area contributed by atoms with E-state index in [0.29, 0.717) is 0 Å². The predicted octanol–water partition coefficient (Wildman–Crippen LogP) is 5.72. The number of allylic oxidation sites excluding steroid dienone is 3. The summed E-state index contributed by atoms with van der Waals surface area (Å²) in [5, 5.41) is 0.760. The smallest absolute Gasteiger partial charge is 0.200 e. The maximum atomic E-state index is 5.27. The number of methoxy groups -OCH3 is 2. The van der Waals surface area contributed by atoms with Crippen LogP contribution in [0.15, 0.2) is 41.2 Å². The molecule has 2 rings (SSSR count). The third-order valence-corrected chi connectivity index (χ3v) is 5.61. The molecule has 1 aliphatic carbocycles. The number of thioether (sulfide) groups is 1. The Morgan fingerprint density at radius 2 is 2.04 bits per heavy atom. The van der Waals surface area contributed by atoms with Crippen molar-refractivity contribution < 1.29 is 9.47 Å². The van der Waals surface area contributed by atoms with Crippen molar-refractivity contribution in [3.63, 3.8) is 0 Å². The third kappa shape index (κ3) is 7.22. The molecule has 26 heavy (non-hydrogen) atoms. The maximum Gasteiger partial charge on any atom is 0.200 e. The van der Waals surface area contributed by atoms with Crippen LogP contribution in [0.3, 0.4) is 0 Å². The van der Waals surface area contributed by atoms with E-state index < -0.39 is 6.29 Å². The van der Waals surface area contributed by atoms with Gasteiger partial charge in [-0.1, -0.05) is 62.6 Å². The highest BCUT2D eigenvalue weighted by molar-refractivity contribution is 7.99. The number of aromatic nitrogens is 2. The quantitative estimate of drug-likeness (QED) is 0.214. The summed E-state index contributed by atoms with van der Waals surface area (Å²) >= 11 is 1.66. The van der Waals surface area contributed by atoms with Crippen LogP contribution < -0.4 is 0 Å². The van der Waals surface area contributed by atoms with Gasteiger partial charge in [0.1, 0.15) is 5.69 Å². The van der Waals surface area contributed by atoms with E-state index in [1.165, 1.54) is 50.5 Å². The topological polar surface area (TPSA) is 44.2 Å². The minimum atomic E-state index is -0.442. The van der Waals surface area contributed by atoms with Crippen LogP contribution in [0, 0.1) is 5.92 Å². The zero-order valence-corrected chi connectivity index (χ0v) is 17.1. The molecule has 1 unspecified atom stereocenters. The molecule has 0 spiro atoms. The summed E-state index contributed by atoms with van der Waals surface area (Å²) < 4.78 is 10.5. The van der Waals surface area contributed by atoms with Crippen LogP contribution in [-0.4, -0.2) is 29.9 Å². The molecule has 0 saturated heterocycles. The van der Waals surface area contributed by atoms with E-state index in [9.17, 15) is 0 Å². The molecule has 0 aliphatic heterocycles. The molecule has 1 aromatic rings. The number of ether oxygens (including phenoxy) is 2. The van der Waals surface area contributed by atoms with Gasteiger partial charge in [-0.2, -0.15) is 0 Å². The zero-order valence-electron chi connectivity index (χ0n) is 16.3. The highest BCUT2D eigenvalue weighted by Crippen LogP contribution is 2.26. The van der Waals surface area contributed by atoms with E-state index in [2.05, 4.69) is 35.1 Å². The summed E-state index contributed by atoms with van der Waals surface area (Å²) in [6.07, 6.45) is 17.5. The highest BCUT2D eigenvalue weighted by Gasteiger charge is 2.13. The van der Waals surface area contributed by atoms with Crippen LogP contribution in [0.5, 0.6) is 0 Å². The van der Waals surface area contributed by atoms with Crippen molar-refractivity contribution in [2.75, 3.05) is 20.0 Å². The Balaban J connectivity index is 1.83. The molecule has 144 valence electrons. The minimum absolute atomic E-state index is 0.442. The first-order valence-electron chi connectivity index (χ1n) is 9.63. The third-order valence-electron chi connectivity index (χ3n) is 4.67. The summed E-state index contributed by atoms with van der Waals surface area (Å²) in [5.74, 6) is 1.70. The summed E-state index contributed by atoms with van der Waals surface area (Å²) in [6, 6.07) is 1.83. The fraction of sp³-hybridized carbons (Fsp3) is 0.619.